The average Bonchev–Trinajstić information content (AvgIpc) is 2.50. The molecule has 0 N–H and O–H groups in total. The fraction of sp³-hybridized carbons (Fsp3) is 0.882. The SMILES string of the molecule is CC(C)C(C)(C(=O)OCCOC(=O)N1CCCCC1)C(C)C. The van der Waals surface area contributed by atoms with Crippen molar-refractivity contribution >= 4 is 12.1 Å². The van der Waals surface area contributed by atoms with Gasteiger partial charge in [-0.25, -0.2) is 4.79 Å². The Bertz CT molecular complexity index is 365. The van der Waals surface area contributed by atoms with Crippen LogP contribution < -0.4 is 0 Å². The van der Waals surface area contributed by atoms with Crippen LogP contribution in [0.1, 0.15) is 53.9 Å². The number of likely N-dealkylation sites (tertiary alicyclic amines) is 1. The minimum atomic E-state index is -0.517. The summed E-state index contributed by atoms with van der Waals surface area (Å²) < 4.78 is 10.5. The average molecular weight is 313 g/mol. The van der Waals surface area contributed by atoms with Gasteiger partial charge in [0.2, 0.25) is 0 Å². The zero-order valence-electron chi connectivity index (χ0n) is 14.7. The minimum absolute atomic E-state index is 0.118. The number of nitrogens with zero attached hydrogens (tertiary/aromatic N) is 1. The van der Waals surface area contributed by atoms with Crippen molar-refractivity contribution in [2.24, 2.45) is 17.3 Å². The molecule has 0 aromatic carbocycles. The Morgan fingerprint density at radius 2 is 1.45 bits per heavy atom. The normalized spacial score (nSPS) is 16.0. The molecule has 0 atom stereocenters. The zero-order valence-corrected chi connectivity index (χ0v) is 14.7. The molecule has 0 unspecified atom stereocenters. The number of piperidine rings is 1. The Hall–Kier alpha value is -1.26. The number of hydrogen-bond donors (Lipinski definition) is 0. The molecule has 0 saturated carbocycles. The first-order chi connectivity index (χ1) is 10.3. The molecule has 128 valence electrons. The number of amides is 1. The van der Waals surface area contributed by atoms with Crippen LogP contribution in [-0.2, 0) is 14.3 Å². The Kier molecular flexibility index (Phi) is 7.17. The van der Waals surface area contributed by atoms with Crippen molar-refractivity contribution in [1.82, 2.24) is 4.90 Å². The summed E-state index contributed by atoms with van der Waals surface area (Å²) >= 11 is 0. The third-order valence-electron chi connectivity index (χ3n) is 4.99. The number of hydrogen-bond acceptors (Lipinski definition) is 4. The van der Waals surface area contributed by atoms with E-state index in [2.05, 4.69) is 0 Å². The van der Waals surface area contributed by atoms with Crippen LogP contribution >= 0.6 is 0 Å². The van der Waals surface area contributed by atoms with E-state index < -0.39 is 5.41 Å². The summed E-state index contributed by atoms with van der Waals surface area (Å²) in [5.74, 6) is 0.165. The van der Waals surface area contributed by atoms with E-state index in [0.29, 0.717) is 0 Å². The molecule has 0 radical (unpaired) electrons. The highest BCUT2D eigenvalue weighted by Gasteiger charge is 2.41. The molecule has 0 aromatic rings. The van der Waals surface area contributed by atoms with Crippen LogP contribution in [0.4, 0.5) is 4.79 Å². The largest absolute Gasteiger partial charge is 0.462 e. The molecule has 1 amide bonds. The first kappa shape index (κ1) is 18.8. The lowest BCUT2D eigenvalue weighted by Gasteiger charge is -2.35. The Balaban J connectivity index is 2.34. The third-order valence-corrected chi connectivity index (χ3v) is 4.99. The first-order valence-corrected chi connectivity index (χ1v) is 8.39. The van der Waals surface area contributed by atoms with Crippen molar-refractivity contribution < 1.29 is 19.1 Å². The highest BCUT2D eigenvalue weighted by atomic mass is 16.6. The van der Waals surface area contributed by atoms with Crippen molar-refractivity contribution in [3.63, 3.8) is 0 Å². The second-order valence-corrected chi connectivity index (χ2v) is 6.89. The molecule has 1 aliphatic heterocycles. The maximum Gasteiger partial charge on any atom is 0.409 e. The molecular weight excluding hydrogens is 282 g/mol. The van der Waals surface area contributed by atoms with Gasteiger partial charge >= 0.3 is 12.1 Å². The van der Waals surface area contributed by atoms with Crippen molar-refractivity contribution in [2.75, 3.05) is 26.3 Å². The van der Waals surface area contributed by atoms with E-state index in [0.717, 1.165) is 25.9 Å². The van der Waals surface area contributed by atoms with Crippen LogP contribution in [0.3, 0.4) is 0 Å². The highest BCUT2D eigenvalue weighted by Crippen LogP contribution is 2.36. The third kappa shape index (κ3) is 4.62. The van der Waals surface area contributed by atoms with Crippen LogP contribution in [-0.4, -0.2) is 43.3 Å². The second-order valence-electron chi connectivity index (χ2n) is 6.89. The van der Waals surface area contributed by atoms with E-state index in [9.17, 15) is 9.59 Å². The molecule has 0 aromatic heterocycles. The first-order valence-electron chi connectivity index (χ1n) is 8.39. The maximum atomic E-state index is 12.3. The molecule has 5 heteroatoms. The van der Waals surface area contributed by atoms with E-state index in [1.54, 1.807) is 4.90 Å². The van der Waals surface area contributed by atoms with E-state index in [4.69, 9.17) is 9.47 Å². The van der Waals surface area contributed by atoms with E-state index in [1.165, 1.54) is 6.42 Å². The van der Waals surface area contributed by atoms with Crippen LogP contribution in [0.5, 0.6) is 0 Å². The summed E-state index contributed by atoms with van der Waals surface area (Å²) in [6, 6.07) is 0. The summed E-state index contributed by atoms with van der Waals surface area (Å²) in [6.45, 7) is 11.8. The van der Waals surface area contributed by atoms with Gasteiger partial charge in [0.15, 0.2) is 0 Å². The molecular formula is C17H31NO4. The number of carbonyl (C=O) groups is 2. The summed E-state index contributed by atoms with van der Waals surface area (Å²) in [6.07, 6.45) is 2.94. The molecule has 1 aliphatic rings. The van der Waals surface area contributed by atoms with Gasteiger partial charge in [-0.15, -0.1) is 0 Å². The number of carbonyl (C=O) groups excluding carboxylic acids is 2. The zero-order chi connectivity index (χ0) is 16.8. The van der Waals surface area contributed by atoms with Gasteiger partial charge in [0.25, 0.3) is 0 Å². The summed E-state index contributed by atoms with van der Waals surface area (Å²) in [7, 11) is 0. The maximum absolute atomic E-state index is 12.3. The van der Waals surface area contributed by atoms with Crippen molar-refractivity contribution in [3.05, 3.63) is 0 Å². The molecule has 0 aliphatic carbocycles. The molecule has 5 nitrogen and oxygen atoms in total. The minimum Gasteiger partial charge on any atom is -0.462 e. The van der Waals surface area contributed by atoms with Gasteiger partial charge in [0.05, 0.1) is 5.41 Å². The lowest BCUT2D eigenvalue weighted by atomic mass is 9.70. The Morgan fingerprint density at radius 1 is 0.955 bits per heavy atom. The summed E-state index contributed by atoms with van der Waals surface area (Å²) in [5, 5.41) is 0. The Morgan fingerprint density at radius 3 is 1.95 bits per heavy atom. The lowest BCUT2D eigenvalue weighted by Crippen LogP contribution is -2.40. The van der Waals surface area contributed by atoms with Crippen molar-refractivity contribution in [1.29, 1.82) is 0 Å². The van der Waals surface area contributed by atoms with Gasteiger partial charge in [-0.3, -0.25) is 4.79 Å². The second kappa shape index (κ2) is 8.39. The molecule has 22 heavy (non-hydrogen) atoms. The fourth-order valence-electron chi connectivity index (χ4n) is 2.72. The molecule has 1 heterocycles. The molecule has 1 rings (SSSR count). The molecule has 0 spiro atoms. The van der Waals surface area contributed by atoms with Gasteiger partial charge < -0.3 is 14.4 Å². The monoisotopic (exact) mass is 313 g/mol. The van der Waals surface area contributed by atoms with Gasteiger partial charge in [-0.05, 0) is 38.0 Å². The predicted octanol–water partition coefficient (Wildman–Crippen LogP) is 3.47. The highest BCUT2D eigenvalue weighted by molar-refractivity contribution is 5.77. The Labute approximate surface area is 134 Å². The summed E-state index contributed by atoms with van der Waals surface area (Å²) in [5.41, 5.74) is -0.517. The van der Waals surface area contributed by atoms with Gasteiger partial charge in [-0.2, -0.15) is 0 Å². The fourth-order valence-corrected chi connectivity index (χ4v) is 2.72. The van der Waals surface area contributed by atoms with Crippen molar-refractivity contribution in [2.45, 2.75) is 53.9 Å². The van der Waals surface area contributed by atoms with Crippen LogP contribution in [0.25, 0.3) is 0 Å². The van der Waals surface area contributed by atoms with E-state index >= 15 is 0 Å². The van der Waals surface area contributed by atoms with E-state index in [1.807, 2.05) is 34.6 Å². The quantitative estimate of drug-likeness (QED) is 0.556. The van der Waals surface area contributed by atoms with E-state index in [-0.39, 0.29) is 37.1 Å². The lowest BCUT2D eigenvalue weighted by molar-refractivity contribution is -0.162. The molecule has 0 bridgehead atoms. The number of esters is 1. The number of ether oxygens (including phenoxy) is 2. The van der Waals surface area contributed by atoms with Crippen LogP contribution in [0.2, 0.25) is 0 Å². The van der Waals surface area contributed by atoms with Crippen LogP contribution in [0.15, 0.2) is 0 Å². The standard InChI is InChI=1S/C17H31NO4/c1-13(2)17(5,14(3)4)15(19)21-11-12-22-16(20)18-9-7-6-8-10-18/h13-14H,6-12H2,1-5H3. The number of rotatable bonds is 6. The smallest absolute Gasteiger partial charge is 0.409 e. The van der Waals surface area contributed by atoms with Gasteiger partial charge in [-0.1, -0.05) is 27.7 Å². The molecule has 1 fully saturated rings. The summed E-state index contributed by atoms with van der Waals surface area (Å²) in [4.78, 5) is 25.9. The predicted molar refractivity (Wildman–Crippen MR) is 85.5 cm³/mol. The van der Waals surface area contributed by atoms with Gasteiger partial charge in [0.1, 0.15) is 13.2 Å². The topological polar surface area (TPSA) is 55.8 Å². The van der Waals surface area contributed by atoms with Gasteiger partial charge in [0, 0.05) is 13.1 Å². The molecule has 1 saturated heterocycles. The van der Waals surface area contributed by atoms with Crippen LogP contribution in [0, 0.1) is 17.3 Å². The van der Waals surface area contributed by atoms with Crippen molar-refractivity contribution in [3.8, 4) is 0 Å².